The molecule has 2 N–H and O–H groups in total. The van der Waals surface area contributed by atoms with Gasteiger partial charge in [0.25, 0.3) is 0 Å². The van der Waals surface area contributed by atoms with Gasteiger partial charge in [-0.2, -0.15) is 0 Å². The van der Waals surface area contributed by atoms with Crippen LogP contribution in [0.2, 0.25) is 0 Å². The van der Waals surface area contributed by atoms with Gasteiger partial charge in [0.15, 0.2) is 5.96 Å². The van der Waals surface area contributed by atoms with Crippen molar-refractivity contribution in [1.82, 2.24) is 15.6 Å². The van der Waals surface area contributed by atoms with Crippen molar-refractivity contribution in [3.05, 3.63) is 53.7 Å². The number of benzene rings is 1. The number of nitrogens with zero attached hydrogens (tertiary/aromatic N) is 3. The molecular formula is C22H31N5O. The standard InChI is InChI=1S/C22H31N5O/c1-17-10-12-27(13-11-17)21-9-8-18(14-24-21)15-25-22(23-2)26-16-19-6-4-5-7-20(19)28-3/h4-9,14,17H,10-13,15-16H2,1-3H3,(H2,23,25,26). The maximum absolute atomic E-state index is 5.40. The van der Waals surface area contributed by atoms with Crippen LogP contribution < -0.4 is 20.3 Å². The van der Waals surface area contributed by atoms with Crippen molar-refractivity contribution in [1.29, 1.82) is 0 Å². The SMILES string of the molecule is CN=C(NCc1ccc(N2CCC(C)CC2)nc1)NCc1ccccc1OC. The minimum absolute atomic E-state index is 0.647. The van der Waals surface area contributed by atoms with E-state index < -0.39 is 0 Å². The molecule has 150 valence electrons. The molecule has 0 radical (unpaired) electrons. The first kappa shape index (κ1) is 20.0. The number of guanidine groups is 1. The van der Waals surface area contributed by atoms with Crippen LogP contribution in [0.5, 0.6) is 5.75 Å². The zero-order valence-corrected chi connectivity index (χ0v) is 17.1. The van der Waals surface area contributed by atoms with E-state index >= 15 is 0 Å². The first-order valence-electron chi connectivity index (χ1n) is 9.96. The summed E-state index contributed by atoms with van der Waals surface area (Å²) in [6.07, 6.45) is 4.45. The van der Waals surface area contributed by atoms with Crippen LogP contribution in [-0.4, -0.2) is 38.2 Å². The zero-order chi connectivity index (χ0) is 19.8. The molecular weight excluding hydrogens is 350 g/mol. The second-order valence-electron chi connectivity index (χ2n) is 7.29. The van der Waals surface area contributed by atoms with Crippen LogP contribution in [-0.2, 0) is 13.1 Å². The molecule has 6 nitrogen and oxygen atoms in total. The zero-order valence-electron chi connectivity index (χ0n) is 17.1. The molecule has 28 heavy (non-hydrogen) atoms. The highest BCUT2D eigenvalue weighted by Gasteiger charge is 2.16. The predicted octanol–water partition coefficient (Wildman–Crippen LogP) is 3.19. The molecule has 0 unspecified atom stereocenters. The highest BCUT2D eigenvalue weighted by molar-refractivity contribution is 5.79. The molecule has 1 aliphatic rings. The maximum atomic E-state index is 5.40. The first-order chi connectivity index (χ1) is 13.7. The number of methoxy groups -OCH3 is 1. The van der Waals surface area contributed by atoms with Gasteiger partial charge in [-0.15, -0.1) is 0 Å². The fourth-order valence-electron chi connectivity index (χ4n) is 3.38. The minimum Gasteiger partial charge on any atom is -0.496 e. The molecule has 1 aliphatic heterocycles. The Morgan fingerprint density at radius 1 is 1.14 bits per heavy atom. The normalized spacial score (nSPS) is 15.4. The summed E-state index contributed by atoms with van der Waals surface area (Å²) >= 11 is 0. The van der Waals surface area contributed by atoms with Gasteiger partial charge in [0.2, 0.25) is 0 Å². The van der Waals surface area contributed by atoms with E-state index in [-0.39, 0.29) is 0 Å². The van der Waals surface area contributed by atoms with Crippen molar-refractivity contribution in [3.63, 3.8) is 0 Å². The Morgan fingerprint density at radius 3 is 2.57 bits per heavy atom. The summed E-state index contributed by atoms with van der Waals surface area (Å²) in [5.74, 6) is 3.53. The number of hydrogen-bond donors (Lipinski definition) is 2. The summed E-state index contributed by atoms with van der Waals surface area (Å²) < 4.78 is 5.40. The van der Waals surface area contributed by atoms with Crippen LogP contribution in [0.25, 0.3) is 0 Å². The van der Waals surface area contributed by atoms with E-state index in [1.807, 2.05) is 30.5 Å². The minimum atomic E-state index is 0.647. The van der Waals surface area contributed by atoms with E-state index in [4.69, 9.17) is 4.74 Å². The summed E-state index contributed by atoms with van der Waals surface area (Å²) in [6.45, 7) is 5.86. The summed E-state index contributed by atoms with van der Waals surface area (Å²) in [7, 11) is 3.46. The monoisotopic (exact) mass is 381 g/mol. The number of pyridine rings is 1. The van der Waals surface area contributed by atoms with Crippen LogP contribution in [0.1, 0.15) is 30.9 Å². The number of nitrogens with one attached hydrogen (secondary N) is 2. The molecule has 1 aromatic heterocycles. The third kappa shape index (κ3) is 5.38. The molecule has 0 bridgehead atoms. The van der Waals surface area contributed by atoms with Crippen LogP contribution >= 0.6 is 0 Å². The summed E-state index contributed by atoms with van der Waals surface area (Å²) in [6, 6.07) is 12.2. The number of piperidine rings is 1. The highest BCUT2D eigenvalue weighted by Crippen LogP contribution is 2.21. The fourth-order valence-corrected chi connectivity index (χ4v) is 3.38. The van der Waals surface area contributed by atoms with Crippen molar-refractivity contribution < 1.29 is 4.74 Å². The Balaban J connectivity index is 1.49. The fraction of sp³-hybridized carbons (Fsp3) is 0.455. The van der Waals surface area contributed by atoms with E-state index in [1.165, 1.54) is 12.8 Å². The first-order valence-corrected chi connectivity index (χ1v) is 9.96. The van der Waals surface area contributed by atoms with Gasteiger partial charge in [-0.1, -0.05) is 31.2 Å². The van der Waals surface area contributed by atoms with Gasteiger partial charge in [-0.05, 0) is 36.5 Å². The Labute approximate surface area is 168 Å². The van der Waals surface area contributed by atoms with E-state index in [1.54, 1.807) is 14.2 Å². The number of para-hydroxylation sites is 1. The molecule has 0 spiro atoms. The van der Waals surface area contributed by atoms with Crippen molar-refractivity contribution in [2.75, 3.05) is 32.1 Å². The topological polar surface area (TPSA) is 61.8 Å². The van der Waals surface area contributed by atoms with E-state index in [9.17, 15) is 0 Å². The lowest BCUT2D eigenvalue weighted by Gasteiger charge is -2.31. The average Bonchev–Trinajstić information content (AvgIpc) is 2.75. The summed E-state index contributed by atoms with van der Waals surface area (Å²) in [5, 5.41) is 6.67. The molecule has 0 saturated carbocycles. The molecule has 2 aromatic rings. The van der Waals surface area contributed by atoms with Gasteiger partial charge >= 0.3 is 0 Å². The van der Waals surface area contributed by atoms with Gasteiger partial charge in [0.05, 0.1) is 7.11 Å². The molecule has 0 atom stereocenters. The molecule has 2 heterocycles. The van der Waals surface area contributed by atoms with Gasteiger partial charge in [0, 0.05) is 45.0 Å². The largest absolute Gasteiger partial charge is 0.496 e. The Bertz CT molecular complexity index is 767. The number of anilines is 1. The van der Waals surface area contributed by atoms with Crippen LogP contribution in [0, 0.1) is 5.92 Å². The van der Waals surface area contributed by atoms with Crippen LogP contribution in [0.3, 0.4) is 0 Å². The molecule has 0 amide bonds. The number of aliphatic imine (C=N–C) groups is 1. The highest BCUT2D eigenvalue weighted by atomic mass is 16.5. The van der Waals surface area contributed by atoms with E-state index in [0.29, 0.717) is 13.1 Å². The second kappa shape index (κ2) is 9.97. The second-order valence-corrected chi connectivity index (χ2v) is 7.29. The maximum Gasteiger partial charge on any atom is 0.191 e. The van der Waals surface area contributed by atoms with Gasteiger partial charge in [-0.25, -0.2) is 4.98 Å². The Morgan fingerprint density at radius 2 is 1.89 bits per heavy atom. The smallest absolute Gasteiger partial charge is 0.191 e. The quantitative estimate of drug-likeness (QED) is 0.594. The number of ether oxygens (including phenoxy) is 1. The summed E-state index contributed by atoms with van der Waals surface area (Å²) in [4.78, 5) is 11.3. The lowest BCUT2D eigenvalue weighted by atomic mass is 9.99. The van der Waals surface area contributed by atoms with Crippen molar-refractivity contribution in [3.8, 4) is 5.75 Å². The van der Waals surface area contributed by atoms with Gasteiger partial charge in [0.1, 0.15) is 11.6 Å². The van der Waals surface area contributed by atoms with Gasteiger partial charge < -0.3 is 20.3 Å². The summed E-state index contributed by atoms with van der Waals surface area (Å²) in [5.41, 5.74) is 2.23. The lowest BCUT2D eigenvalue weighted by molar-refractivity contribution is 0.409. The average molecular weight is 382 g/mol. The van der Waals surface area contributed by atoms with Crippen molar-refractivity contribution in [2.45, 2.75) is 32.9 Å². The van der Waals surface area contributed by atoms with Gasteiger partial charge in [-0.3, -0.25) is 4.99 Å². The van der Waals surface area contributed by atoms with E-state index in [0.717, 1.165) is 47.7 Å². The third-order valence-electron chi connectivity index (χ3n) is 5.24. The lowest BCUT2D eigenvalue weighted by Crippen LogP contribution is -2.36. The van der Waals surface area contributed by atoms with Crippen LogP contribution in [0.4, 0.5) is 5.82 Å². The Hall–Kier alpha value is -2.76. The van der Waals surface area contributed by atoms with Crippen molar-refractivity contribution >= 4 is 11.8 Å². The molecule has 6 heteroatoms. The van der Waals surface area contributed by atoms with Crippen LogP contribution in [0.15, 0.2) is 47.6 Å². The van der Waals surface area contributed by atoms with Crippen molar-refractivity contribution in [2.24, 2.45) is 10.9 Å². The number of aromatic nitrogens is 1. The number of hydrogen-bond acceptors (Lipinski definition) is 4. The molecule has 1 fully saturated rings. The molecule has 1 saturated heterocycles. The molecule has 0 aliphatic carbocycles. The molecule has 3 rings (SSSR count). The van der Waals surface area contributed by atoms with E-state index in [2.05, 4.69) is 44.6 Å². The third-order valence-corrected chi connectivity index (χ3v) is 5.24. The molecule has 1 aromatic carbocycles. The predicted molar refractivity (Wildman–Crippen MR) is 115 cm³/mol. The number of rotatable bonds is 6. The Kier molecular flexibility index (Phi) is 7.12.